The molecule has 3 aliphatic rings. The van der Waals surface area contributed by atoms with Gasteiger partial charge in [-0.2, -0.15) is 0 Å². The molecule has 0 aromatic heterocycles. The summed E-state index contributed by atoms with van der Waals surface area (Å²) in [7, 11) is 0. The van der Waals surface area contributed by atoms with Gasteiger partial charge in [-0.3, -0.25) is 0 Å². The molecule has 3 heterocycles. The summed E-state index contributed by atoms with van der Waals surface area (Å²) in [4.78, 5) is 2.57. The number of hydrogen-bond donors (Lipinski definition) is 1. The zero-order valence-corrected chi connectivity index (χ0v) is 8.34. The third kappa shape index (κ3) is 2.04. The van der Waals surface area contributed by atoms with Crippen LogP contribution in [0.2, 0.25) is 0 Å². The van der Waals surface area contributed by atoms with Crippen LogP contribution in [0.1, 0.15) is 19.8 Å². The maximum Gasteiger partial charge on any atom is 0.0579 e. The fourth-order valence-electron chi connectivity index (χ4n) is 2.47. The molecule has 0 aromatic rings. The lowest BCUT2D eigenvalue weighted by atomic mass is 9.84. The van der Waals surface area contributed by atoms with Gasteiger partial charge in [-0.05, 0) is 38.8 Å². The summed E-state index contributed by atoms with van der Waals surface area (Å²) in [5.74, 6) is 6.92. The van der Waals surface area contributed by atoms with Crippen molar-refractivity contribution in [3.63, 3.8) is 0 Å². The Balaban J connectivity index is 1.82. The van der Waals surface area contributed by atoms with E-state index >= 15 is 0 Å². The SMILES string of the molecule is CC#CCNC1CN2CCC1CC2. The Hall–Kier alpha value is -0.520. The Morgan fingerprint density at radius 2 is 2.15 bits per heavy atom. The Morgan fingerprint density at radius 3 is 2.69 bits per heavy atom. The molecule has 3 aliphatic heterocycles. The van der Waals surface area contributed by atoms with Crippen LogP contribution in [-0.2, 0) is 0 Å². The van der Waals surface area contributed by atoms with Gasteiger partial charge in [-0.25, -0.2) is 0 Å². The molecule has 2 heteroatoms. The van der Waals surface area contributed by atoms with Crippen molar-refractivity contribution in [2.75, 3.05) is 26.2 Å². The molecule has 0 aliphatic carbocycles. The third-order valence-electron chi connectivity index (χ3n) is 3.29. The molecule has 2 bridgehead atoms. The number of fused-ring (bicyclic) bond motifs is 3. The van der Waals surface area contributed by atoms with E-state index in [1.54, 1.807) is 0 Å². The first kappa shape index (κ1) is 9.05. The smallest absolute Gasteiger partial charge is 0.0579 e. The van der Waals surface area contributed by atoms with Crippen LogP contribution in [0.15, 0.2) is 0 Å². The summed E-state index contributed by atoms with van der Waals surface area (Å²) in [5, 5.41) is 3.54. The number of nitrogens with one attached hydrogen (secondary N) is 1. The second-order valence-electron chi connectivity index (χ2n) is 4.05. The van der Waals surface area contributed by atoms with Crippen molar-refractivity contribution in [1.82, 2.24) is 10.2 Å². The third-order valence-corrected chi connectivity index (χ3v) is 3.29. The van der Waals surface area contributed by atoms with Crippen molar-refractivity contribution in [2.24, 2.45) is 5.92 Å². The van der Waals surface area contributed by atoms with E-state index < -0.39 is 0 Å². The second-order valence-corrected chi connectivity index (χ2v) is 4.05. The first-order valence-corrected chi connectivity index (χ1v) is 5.25. The van der Waals surface area contributed by atoms with Crippen LogP contribution in [0.4, 0.5) is 0 Å². The monoisotopic (exact) mass is 178 g/mol. The second kappa shape index (κ2) is 4.13. The summed E-state index contributed by atoms with van der Waals surface area (Å²) in [6, 6.07) is 0.711. The molecule has 3 saturated heterocycles. The molecule has 1 N–H and O–H groups in total. The van der Waals surface area contributed by atoms with Gasteiger partial charge in [-0.1, -0.05) is 5.92 Å². The molecule has 0 amide bonds. The molecule has 2 nitrogen and oxygen atoms in total. The minimum Gasteiger partial charge on any atom is -0.302 e. The van der Waals surface area contributed by atoms with E-state index in [0.29, 0.717) is 6.04 Å². The standard InChI is InChI=1S/C11H18N2/c1-2-3-6-12-11-9-13-7-4-10(11)5-8-13/h10-12H,4-9H2,1H3. The average Bonchev–Trinajstić information content (AvgIpc) is 2.20. The minimum absolute atomic E-state index is 0.711. The van der Waals surface area contributed by atoms with Gasteiger partial charge in [0, 0.05) is 12.6 Å². The van der Waals surface area contributed by atoms with Crippen LogP contribution < -0.4 is 5.32 Å². The molecule has 3 fully saturated rings. The van der Waals surface area contributed by atoms with Crippen molar-refractivity contribution >= 4 is 0 Å². The van der Waals surface area contributed by atoms with Crippen molar-refractivity contribution in [1.29, 1.82) is 0 Å². The maximum atomic E-state index is 3.54. The first-order valence-electron chi connectivity index (χ1n) is 5.25. The van der Waals surface area contributed by atoms with E-state index in [1.807, 2.05) is 6.92 Å². The molecule has 1 atom stereocenters. The molecular formula is C11H18N2. The van der Waals surface area contributed by atoms with E-state index in [9.17, 15) is 0 Å². The van der Waals surface area contributed by atoms with Crippen molar-refractivity contribution in [2.45, 2.75) is 25.8 Å². The van der Waals surface area contributed by atoms with Gasteiger partial charge >= 0.3 is 0 Å². The van der Waals surface area contributed by atoms with Crippen molar-refractivity contribution in [3.05, 3.63) is 0 Å². The zero-order chi connectivity index (χ0) is 9.10. The van der Waals surface area contributed by atoms with Gasteiger partial charge in [0.15, 0.2) is 0 Å². The summed E-state index contributed by atoms with van der Waals surface area (Å²) >= 11 is 0. The highest BCUT2D eigenvalue weighted by molar-refractivity contribution is 4.99. The molecule has 1 unspecified atom stereocenters. The van der Waals surface area contributed by atoms with Gasteiger partial charge in [0.2, 0.25) is 0 Å². The van der Waals surface area contributed by atoms with Gasteiger partial charge in [-0.15, -0.1) is 5.92 Å². The number of piperidine rings is 3. The van der Waals surface area contributed by atoms with E-state index in [-0.39, 0.29) is 0 Å². The van der Waals surface area contributed by atoms with Crippen molar-refractivity contribution < 1.29 is 0 Å². The van der Waals surface area contributed by atoms with Gasteiger partial charge in [0.25, 0.3) is 0 Å². The molecule has 0 radical (unpaired) electrons. The normalized spacial score (nSPS) is 36.8. The molecule has 0 aromatic carbocycles. The molecule has 72 valence electrons. The highest BCUT2D eigenvalue weighted by Gasteiger charge is 2.33. The Labute approximate surface area is 80.7 Å². The highest BCUT2D eigenvalue weighted by atomic mass is 15.2. The molecular weight excluding hydrogens is 160 g/mol. The quantitative estimate of drug-likeness (QED) is 0.626. The number of hydrogen-bond acceptors (Lipinski definition) is 2. The predicted molar refractivity (Wildman–Crippen MR) is 54.4 cm³/mol. The fraction of sp³-hybridized carbons (Fsp3) is 0.818. The molecule has 3 rings (SSSR count). The van der Waals surface area contributed by atoms with Crippen LogP contribution in [0.5, 0.6) is 0 Å². The van der Waals surface area contributed by atoms with Crippen LogP contribution in [0.25, 0.3) is 0 Å². The largest absolute Gasteiger partial charge is 0.302 e. The zero-order valence-electron chi connectivity index (χ0n) is 8.34. The Kier molecular flexibility index (Phi) is 2.87. The first-order chi connectivity index (χ1) is 6.40. The van der Waals surface area contributed by atoms with Crippen molar-refractivity contribution in [3.8, 4) is 11.8 Å². The lowest BCUT2D eigenvalue weighted by molar-refractivity contribution is 0.0747. The summed E-state index contributed by atoms with van der Waals surface area (Å²) in [5.41, 5.74) is 0. The van der Waals surface area contributed by atoms with Crippen LogP contribution in [0, 0.1) is 17.8 Å². The van der Waals surface area contributed by atoms with E-state index in [4.69, 9.17) is 0 Å². The van der Waals surface area contributed by atoms with E-state index in [0.717, 1.165) is 12.5 Å². The van der Waals surface area contributed by atoms with Crippen LogP contribution >= 0.6 is 0 Å². The molecule has 0 saturated carbocycles. The van der Waals surface area contributed by atoms with Gasteiger partial charge in [0.1, 0.15) is 0 Å². The summed E-state index contributed by atoms with van der Waals surface area (Å²) in [6.45, 7) is 6.66. The Bertz CT molecular complexity index is 218. The summed E-state index contributed by atoms with van der Waals surface area (Å²) < 4.78 is 0. The maximum absolute atomic E-state index is 3.54. The van der Waals surface area contributed by atoms with Crippen LogP contribution in [-0.4, -0.2) is 37.1 Å². The minimum atomic E-state index is 0.711. The summed E-state index contributed by atoms with van der Waals surface area (Å²) in [6.07, 6.45) is 2.77. The molecule has 13 heavy (non-hydrogen) atoms. The number of rotatable bonds is 2. The van der Waals surface area contributed by atoms with Crippen LogP contribution in [0.3, 0.4) is 0 Å². The lowest BCUT2D eigenvalue weighted by Crippen LogP contribution is -2.56. The lowest BCUT2D eigenvalue weighted by Gasteiger charge is -2.44. The molecule has 0 spiro atoms. The van der Waals surface area contributed by atoms with E-state index in [2.05, 4.69) is 22.1 Å². The highest BCUT2D eigenvalue weighted by Crippen LogP contribution is 2.27. The van der Waals surface area contributed by atoms with Gasteiger partial charge < -0.3 is 10.2 Å². The Morgan fingerprint density at radius 1 is 1.38 bits per heavy atom. The van der Waals surface area contributed by atoms with E-state index in [1.165, 1.54) is 32.5 Å². The average molecular weight is 178 g/mol. The fourth-order valence-corrected chi connectivity index (χ4v) is 2.47. The number of nitrogens with zero attached hydrogens (tertiary/aromatic N) is 1. The predicted octanol–water partition coefficient (Wildman–Crippen LogP) is 0.694. The van der Waals surface area contributed by atoms with Gasteiger partial charge in [0.05, 0.1) is 6.54 Å². The topological polar surface area (TPSA) is 15.3 Å².